The molecule has 4 nitrogen and oxygen atoms in total. The van der Waals surface area contributed by atoms with Crippen LogP contribution in [0.5, 0.6) is 0 Å². The van der Waals surface area contributed by atoms with Crippen LogP contribution in [0.2, 0.25) is 0 Å². The van der Waals surface area contributed by atoms with E-state index in [1.54, 1.807) is 6.20 Å². The number of carbonyl (C=O) groups is 1. The SMILES string of the molecule is O=C(c1ccccc1-c1ccccc1)N1CCC[C@@H](n2ccnc2)C1. The van der Waals surface area contributed by atoms with E-state index >= 15 is 0 Å². The third kappa shape index (κ3) is 3.20. The van der Waals surface area contributed by atoms with Crippen molar-refractivity contribution >= 4 is 5.91 Å². The second-order valence-electron chi connectivity index (χ2n) is 6.47. The number of aromatic nitrogens is 2. The van der Waals surface area contributed by atoms with E-state index in [1.807, 2.05) is 59.9 Å². The maximum absolute atomic E-state index is 13.2. The van der Waals surface area contributed by atoms with E-state index in [4.69, 9.17) is 0 Å². The van der Waals surface area contributed by atoms with Gasteiger partial charge in [-0.25, -0.2) is 4.98 Å². The molecule has 1 atom stereocenters. The standard InChI is InChI=1S/C21H21N3O/c25-21(23-13-6-9-18(15-23)24-14-12-22-16-24)20-11-5-4-10-19(20)17-7-2-1-3-8-17/h1-5,7-8,10-12,14,16,18H,6,9,13,15H2/t18-/m1/s1. The first-order valence-corrected chi connectivity index (χ1v) is 8.74. The zero-order valence-corrected chi connectivity index (χ0v) is 14.1. The lowest BCUT2D eigenvalue weighted by Crippen LogP contribution is -2.40. The molecule has 0 radical (unpaired) electrons. The molecule has 126 valence electrons. The van der Waals surface area contributed by atoms with Crippen LogP contribution in [-0.2, 0) is 0 Å². The molecule has 1 amide bonds. The molecule has 0 unspecified atom stereocenters. The molecule has 1 aliphatic rings. The number of rotatable bonds is 3. The van der Waals surface area contributed by atoms with E-state index in [1.165, 1.54) is 0 Å². The van der Waals surface area contributed by atoms with Gasteiger partial charge in [-0.1, -0.05) is 48.5 Å². The Balaban J connectivity index is 1.61. The normalized spacial score (nSPS) is 17.4. The highest BCUT2D eigenvalue weighted by molar-refractivity contribution is 6.00. The van der Waals surface area contributed by atoms with Crippen molar-refractivity contribution in [3.05, 3.63) is 78.9 Å². The van der Waals surface area contributed by atoms with Crippen molar-refractivity contribution in [2.45, 2.75) is 18.9 Å². The Morgan fingerprint density at radius 3 is 2.64 bits per heavy atom. The fraction of sp³-hybridized carbons (Fsp3) is 0.238. The van der Waals surface area contributed by atoms with Gasteiger partial charge in [0.15, 0.2) is 0 Å². The van der Waals surface area contributed by atoms with Gasteiger partial charge in [-0.15, -0.1) is 0 Å². The van der Waals surface area contributed by atoms with Crippen LogP contribution in [0, 0.1) is 0 Å². The van der Waals surface area contributed by atoms with Gasteiger partial charge in [0, 0.05) is 31.0 Å². The van der Waals surface area contributed by atoms with E-state index in [0.717, 1.165) is 42.6 Å². The molecule has 1 aromatic heterocycles. The van der Waals surface area contributed by atoms with Crippen LogP contribution >= 0.6 is 0 Å². The largest absolute Gasteiger partial charge is 0.337 e. The fourth-order valence-corrected chi connectivity index (χ4v) is 3.58. The van der Waals surface area contributed by atoms with Gasteiger partial charge < -0.3 is 9.47 Å². The molecule has 2 aromatic carbocycles. The van der Waals surface area contributed by atoms with Crippen molar-refractivity contribution < 1.29 is 4.79 Å². The molecule has 1 fully saturated rings. The van der Waals surface area contributed by atoms with Crippen LogP contribution in [0.25, 0.3) is 11.1 Å². The van der Waals surface area contributed by atoms with Gasteiger partial charge in [0.05, 0.1) is 12.4 Å². The molecule has 0 N–H and O–H groups in total. The summed E-state index contributed by atoms with van der Waals surface area (Å²) >= 11 is 0. The molecule has 4 rings (SSSR count). The summed E-state index contributed by atoms with van der Waals surface area (Å²) in [6.45, 7) is 1.55. The average Bonchev–Trinajstić information content (AvgIpc) is 3.23. The topological polar surface area (TPSA) is 38.1 Å². The number of amides is 1. The Bertz CT molecular complexity index is 843. The summed E-state index contributed by atoms with van der Waals surface area (Å²) in [5.74, 6) is 0.115. The Morgan fingerprint density at radius 2 is 1.84 bits per heavy atom. The molecule has 25 heavy (non-hydrogen) atoms. The second kappa shape index (κ2) is 6.93. The quantitative estimate of drug-likeness (QED) is 0.727. The summed E-state index contributed by atoms with van der Waals surface area (Å²) in [4.78, 5) is 19.3. The summed E-state index contributed by atoms with van der Waals surface area (Å²) in [7, 11) is 0. The van der Waals surface area contributed by atoms with Crippen LogP contribution in [0.3, 0.4) is 0 Å². The Labute approximate surface area is 147 Å². The Morgan fingerprint density at radius 1 is 1.04 bits per heavy atom. The minimum atomic E-state index is 0.115. The highest BCUT2D eigenvalue weighted by Gasteiger charge is 2.26. The minimum Gasteiger partial charge on any atom is -0.337 e. The third-order valence-corrected chi connectivity index (χ3v) is 4.87. The molecule has 1 saturated heterocycles. The summed E-state index contributed by atoms with van der Waals surface area (Å²) in [6.07, 6.45) is 7.72. The highest BCUT2D eigenvalue weighted by atomic mass is 16.2. The molecule has 0 spiro atoms. The van der Waals surface area contributed by atoms with Crippen LogP contribution in [-0.4, -0.2) is 33.4 Å². The van der Waals surface area contributed by atoms with Gasteiger partial charge in [0.25, 0.3) is 5.91 Å². The number of imidazole rings is 1. The van der Waals surface area contributed by atoms with Crippen molar-refractivity contribution in [1.82, 2.24) is 14.5 Å². The summed E-state index contributed by atoms with van der Waals surface area (Å²) in [6, 6.07) is 18.3. The van der Waals surface area contributed by atoms with E-state index < -0.39 is 0 Å². The Hall–Kier alpha value is -2.88. The lowest BCUT2D eigenvalue weighted by Gasteiger charge is -2.33. The molecule has 3 aromatic rings. The summed E-state index contributed by atoms with van der Waals surface area (Å²) in [5, 5.41) is 0. The summed E-state index contributed by atoms with van der Waals surface area (Å²) in [5.41, 5.74) is 2.85. The molecule has 0 aliphatic carbocycles. The van der Waals surface area contributed by atoms with E-state index in [0.29, 0.717) is 6.04 Å². The van der Waals surface area contributed by atoms with E-state index in [2.05, 4.69) is 21.7 Å². The number of benzene rings is 2. The molecule has 1 aliphatic heterocycles. The number of carbonyl (C=O) groups excluding carboxylic acids is 1. The van der Waals surface area contributed by atoms with E-state index in [-0.39, 0.29) is 5.91 Å². The summed E-state index contributed by atoms with van der Waals surface area (Å²) < 4.78 is 2.11. The third-order valence-electron chi connectivity index (χ3n) is 4.87. The lowest BCUT2D eigenvalue weighted by atomic mass is 9.97. The van der Waals surface area contributed by atoms with Crippen molar-refractivity contribution in [3.63, 3.8) is 0 Å². The highest BCUT2D eigenvalue weighted by Crippen LogP contribution is 2.27. The Kier molecular flexibility index (Phi) is 4.34. The smallest absolute Gasteiger partial charge is 0.254 e. The van der Waals surface area contributed by atoms with E-state index in [9.17, 15) is 4.79 Å². The number of hydrogen-bond donors (Lipinski definition) is 0. The van der Waals surface area contributed by atoms with Gasteiger partial charge >= 0.3 is 0 Å². The van der Waals surface area contributed by atoms with Gasteiger partial charge in [0.1, 0.15) is 0 Å². The molecule has 2 heterocycles. The fourth-order valence-electron chi connectivity index (χ4n) is 3.58. The van der Waals surface area contributed by atoms with Crippen LogP contribution in [0.4, 0.5) is 0 Å². The van der Waals surface area contributed by atoms with Crippen molar-refractivity contribution in [2.24, 2.45) is 0 Å². The van der Waals surface area contributed by atoms with Gasteiger partial charge in [-0.2, -0.15) is 0 Å². The van der Waals surface area contributed by atoms with Crippen molar-refractivity contribution in [1.29, 1.82) is 0 Å². The first kappa shape index (κ1) is 15.6. The van der Waals surface area contributed by atoms with Crippen LogP contribution < -0.4 is 0 Å². The predicted molar refractivity (Wildman–Crippen MR) is 98.3 cm³/mol. The molecule has 4 heteroatoms. The molecule has 0 saturated carbocycles. The first-order chi connectivity index (χ1) is 12.3. The van der Waals surface area contributed by atoms with Crippen molar-refractivity contribution in [3.8, 4) is 11.1 Å². The van der Waals surface area contributed by atoms with Gasteiger partial charge in [-0.05, 0) is 30.0 Å². The second-order valence-corrected chi connectivity index (χ2v) is 6.47. The average molecular weight is 331 g/mol. The zero-order chi connectivity index (χ0) is 17.1. The number of hydrogen-bond acceptors (Lipinski definition) is 2. The maximum atomic E-state index is 13.2. The maximum Gasteiger partial charge on any atom is 0.254 e. The number of piperidine rings is 1. The van der Waals surface area contributed by atoms with Crippen molar-refractivity contribution in [2.75, 3.05) is 13.1 Å². The lowest BCUT2D eigenvalue weighted by molar-refractivity contribution is 0.0680. The molecular weight excluding hydrogens is 310 g/mol. The monoisotopic (exact) mass is 331 g/mol. The molecule has 0 bridgehead atoms. The zero-order valence-electron chi connectivity index (χ0n) is 14.1. The first-order valence-electron chi connectivity index (χ1n) is 8.74. The minimum absolute atomic E-state index is 0.115. The van der Waals surface area contributed by atoms with Crippen LogP contribution in [0.15, 0.2) is 73.3 Å². The number of likely N-dealkylation sites (tertiary alicyclic amines) is 1. The van der Waals surface area contributed by atoms with Gasteiger partial charge in [0.2, 0.25) is 0 Å². The van der Waals surface area contributed by atoms with Crippen LogP contribution in [0.1, 0.15) is 29.2 Å². The number of nitrogens with zero attached hydrogens (tertiary/aromatic N) is 3. The predicted octanol–water partition coefficient (Wildman–Crippen LogP) is 4.03. The van der Waals surface area contributed by atoms with Gasteiger partial charge in [-0.3, -0.25) is 4.79 Å². The molecular formula is C21H21N3O.